The summed E-state index contributed by atoms with van der Waals surface area (Å²) in [6.07, 6.45) is 4.47. The Balaban J connectivity index is 1.74. The molecule has 0 radical (unpaired) electrons. The van der Waals surface area contributed by atoms with Crippen LogP contribution in [-0.4, -0.2) is 23.7 Å². The molecule has 112 valence electrons. The molecule has 2 saturated heterocycles. The molecule has 2 fully saturated rings. The molecule has 0 bridgehead atoms. The van der Waals surface area contributed by atoms with Crippen molar-refractivity contribution in [1.29, 1.82) is 0 Å². The van der Waals surface area contributed by atoms with E-state index in [-0.39, 0.29) is 11.6 Å². The zero-order chi connectivity index (χ0) is 14.0. The third-order valence-electron chi connectivity index (χ3n) is 4.65. The highest BCUT2D eigenvalue weighted by Gasteiger charge is 2.41. The van der Waals surface area contributed by atoms with Gasteiger partial charge in [-0.3, -0.25) is 5.84 Å². The molecular weight excluding hydrogens is 272 g/mol. The number of nitrogens with two attached hydrogens (primary N) is 1. The van der Waals surface area contributed by atoms with Gasteiger partial charge in [0.15, 0.2) is 0 Å². The summed E-state index contributed by atoms with van der Waals surface area (Å²) in [5.41, 5.74) is 3.06. The molecule has 3 rings (SSSR count). The topological polar surface area (TPSA) is 60.4 Å². The van der Waals surface area contributed by atoms with Gasteiger partial charge in [-0.1, -0.05) is 0 Å². The molecule has 1 aromatic rings. The highest BCUT2D eigenvalue weighted by molar-refractivity contribution is 7.99. The summed E-state index contributed by atoms with van der Waals surface area (Å²) in [7, 11) is 0. The Kier molecular flexibility index (Phi) is 4.40. The van der Waals surface area contributed by atoms with E-state index in [0.29, 0.717) is 5.92 Å². The summed E-state index contributed by atoms with van der Waals surface area (Å²) in [5.74, 6) is 10.6. The second-order valence-corrected chi connectivity index (χ2v) is 7.21. The van der Waals surface area contributed by atoms with Crippen molar-refractivity contribution in [3.8, 4) is 0 Å². The quantitative estimate of drug-likeness (QED) is 0.663. The van der Waals surface area contributed by atoms with Gasteiger partial charge in [0.05, 0.1) is 11.6 Å². The van der Waals surface area contributed by atoms with Crippen LogP contribution < -0.4 is 11.3 Å². The smallest absolute Gasteiger partial charge is 0.122 e. The normalized spacial score (nSPS) is 27.6. The summed E-state index contributed by atoms with van der Waals surface area (Å²) in [4.78, 5) is 0. The molecule has 2 aliphatic heterocycles. The van der Waals surface area contributed by atoms with Gasteiger partial charge >= 0.3 is 0 Å². The average Bonchev–Trinajstić information content (AvgIpc) is 2.87. The second kappa shape index (κ2) is 6.10. The molecule has 2 unspecified atom stereocenters. The lowest BCUT2D eigenvalue weighted by Gasteiger charge is -2.44. The molecular formula is C15H24N2O2S. The minimum atomic E-state index is 0.0882. The fourth-order valence-corrected chi connectivity index (χ4v) is 4.75. The second-order valence-electron chi connectivity index (χ2n) is 5.99. The van der Waals surface area contributed by atoms with Gasteiger partial charge in [0, 0.05) is 6.61 Å². The number of rotatable bonds is 3. The number of thioether (sulfide) groups is 1. The first-order chi connectivity index (χ1) is 9.72. The van der Waals surface area contributed by atoms with Crippen molar-refractivity contribution in [3.05, 3.63) is 23.7 Å². The lowest BCUT2D eigenvalue weighted by atomic mass is 9.78. The number of hydrogen-bond donors (Lipinski definition) is 2. The fourth-order valence-electron chi connectivity index (χ4n) is 3.51. The standard InChI is InChI=1S/C15H24N2O2S/c1-11-2-3-13(19-11)14(17-16)12-4-7-18-15(10-12)5-8-20-9-6-15/h2-3,12,14,17H,4-10,16H2,1H3. The van der Waals surface area contributed by atoms with Crippen LogP contribution >= 0.6 is 11.8 Å². The minimum absolute atomic E-state index is 0.0882. The zero-order valence-corrected chi connectivity index (χ0v) is 12.9. The van der Waals surface area contributed by atoms with Gasteiger partial charge in [0.25, 0.3) is 0 Å². The third kappa shape index (κ3) is 2.91. The highest BCUT2D eigenvalue weighted by atomic mass is 32.2. The number of hydrazine groups is 1. The van der Waals surface area contributed by atoms with Gasteiger partial charge in [-0.05, 0) is 62.2 Å². The molecule has 5 heteroatoms. The predicted octanol–water partition coefficient (Wildman–Crippen LogP) is 2.78. The molecule has 0 amide bonds. The van der Waals surface area contributed by atoms with Crippen LogP contribution in [-0.2, 0) is 4.74 Å². The average molecular weight is 296 g/mol. The van der Waals surface area contributed by atoms with E-state index < -0.39 is 0 Å². The van der Waals surface area contributed by atoms with E-state index in [1.165, 1.54) is 24.3 Å². The van der Waals surface area contributed by atoms with E-state index in [1.807, 2.05) is 30.8 Å². The summed E-state index contributed by atoms with van der Waals surface area (Å²) in [6.45, 7) is 2.81. The SMILES string of the molecule is Cc1ccc(C(NN)C2CCOC3(CCSCC3)C2)o1. The monoisotopic (exact) mass is 296 g/mol. The number of furan rings is 1. The molecule has 2 atom stereocenters. The largest absolute Gasteiger partial charge is 0.465 e. The van der Waals surface area contributed by atoms with Crippen molar-refractivity contribution in [2.24, 2.45) is 11.8 Å². The zero-order valence-electron chi connectivity index (χ0n) is 12.1. The molecule has 3 N–H and O–H groups in total. The lowest BCUT2D eigenvalue weighted by molar-refractivity contribution is -0.108. The van der Waals surface area contributed by atoms with Crippen molar-refractivity contribution in [3.63, 3.8) is 0 Å². The molecule has 2 aliphatic rings. The first-order valence-electron chi connectivity index (χ1n) is 7.47. The van der Waals surface area contributed by atoms with Crippen LogP contribution in [0.15, 0.2) is 16.5 Å². The Morgan fingerprint density at radius 2 is 2.20 bits per heavy atom. The lowest BCUT2D eigenvalue weighted by Crippen LogP contribution is -2.46. The van der Waals surface area contributed by atoms with Crippen LogP contribution in [0.25, 0.3) is 0 Å². The Morgan fingerprint density at radius 3 is 2.85 bits per heavy atom. The Labute approximate surface area is 124 Å². The van der Waals surface area contributed by atoms with Crippen LogP contribution in [0.2, 0.25) is 0 Å². The van der Waals surface area contributed by atoms with Gasteiger partial charge in [0.2, 0.25) is 0 Å². The summed E-state index contributed by atoms with van der Waals surface area (Å²) < 4.78 is 11.9. The number of nitrogens with one attached hydrogen (secondary N) is 1. The third-order valence-corrected chi connectivity index (χ3v) is 5.64. The maximum Gasteiger partial charge on any atom is 0.122 e. The minimum Gasteiger partial charge on any atom is -0.465 e. The molecule has 4 nitrogen and oxygen atoms in total. The van der Waals surface area contributed by atoms with Gasteiger partial charge < -0.3 is 9.15 Å². The number of hydrogen-bond acceptors (Lipinski definition) is 5. The van der Waals surface area contributed by atoms with Crippen LogP contribution in [0.4, 0.5) is 0 Å². The molecule has 0 saturated carbocycles. The molecule has 20 heavy (non-hydrogen) atoms. The van der Waals surface area contributed by atoms with Crippen molar-refractivity contribution < 1.29 is 9.15 Å². The van der Waals surface area contributed by atoms with Gasteiger partial charge in [-0.2, -0.15) is 11.8 Å². The Morgan fingerprint density at radius 1 is 1.40 bits per heavy atom. The fraction of sp³-hybridized carbons (Fsp3) is 0.733. The molecule has 0 aromatic carbocycles. The highest BCUT2D eigenvalue weighted by Crippen LogP contribution is 2.43. The first kappa shape index (κ1) is 14.4. The maximum absolute atomic E-state index is 6.16. The molecule has 3 heterocycles. The van der Waals surface area contributed by atoms with Crippen LogP contribution in [0.1, 0.15) is 43.2 Å². The molecule has 1 aromatic heterocycles. The Bertz CT molecular complexity index is 437. The summed E-state index contributed by atoms with van der Waals surface area (Å²) >= 11 is 2.04. The van der Waals surface area contributed by atoms with E-state index in [2.05, 4.69) is 5.43 Å². The van der Waals surface area contributed by atoms with Gasteiger partial charge in [0.1, 0.15) is 11.5 Å². The molecule has 0 aliphatic carbocycles. The van der Waals surface area contributed by atoms with E-state index in [9.17, 15) is 0 Å². The van der Waals surface area contributed by atoms with Crippen molar-refractivity contribution in [2.45, 2.75) is 44.2 Å². The van der Waals surface area contributed by atoms with Crippen molar-refractivity contribution in [1.82, 2.24) is 5.43 Å². The van der Waals surface area contributed by atoms with E-state index >= 15 is 0 Å². The van der Waals surface area contributed by atoms with Crippen molar-refractivity contribution in [2.75, 3.05) is 18.1 Å². The van der Waals surface area contributed by atoms with E-state index in [0.717, 1.165) is 31.0 Å². The first-order valence-corrected chi connectivity index (χ1v) is 8.62. The van der Waals surface area contributed by atoms with Crippen LogP contribution in [0, 0.1) is 12.8 Å². The maximum atomic E-state index is 6.16. The summed E-state index contributed by atoms with van der Waals surface area (Å²) in [6, 6.07) is 4.14. The van der Waals surface area contributed by atoms with Crippen molar-refractivity contribution >= 4 is 11.8 Å². The van der Waals surface area contributed by atoms with E-state index in [1.54, 1.807) is 0 Å². The number of ether oxygens (including phenoxy) is 1. The predicted molar refractivity (Wildman–Crippen MR) is 81.5 cm³/mol. The Hall–Kier alpha value is -0.490. The van der Waals surface area contributed by atoms with Gasteiger partial charge in [-0.15, -0.1) is 0 Å². The van der Waals surface area contributed by atoms with E-state index in [4.69, 9.17) is 15.0 Å². The van der Waals surface area contributed by atoms with Gasteiger partial charge in [-0.25, -0.2) is 5.43 Å². The van der Waals surface area contributed by atoms with Crippen LogP contribution in [0.5, 0.6) is 0 Å². The van der Waals surface area contributed by atoms with Crippen LogP contribution in [0.3, 0.4) is 0 Å². The number of aryl methyl sites for hydroxylation is 1. The molecule has 1 spiro atoms. The summed E-state index contributed by atoms with van der Waals surface area (Å²) in [5, 5.41) is 0.